The molecular weight excluding hydrogens is 457 g/mol. The van der Waals surface area contributed by atoms with Crippen LogP contribution >= 0.6 is 35.3 Å². The Labute approximate surface area is 180 Å². The number of aryl methyl sites for hydroxylation is 2. The number of guanidine groups is 1. The number of hydrogen-bond donors (Lipinski definition) is 2. The maximum atomic E-state index is 4.60. The third-order valence-corrected chi connectivity index (χ3v) is 5.97. The molecule has 1 atom stereocenters. The number of hydrogen-bond acceptors (Lipinski definition) is 4. The molecule has 0 amide bonds. The third-order valence-electron chi connectivity index (χ3n) is 4.83. The highest BCUT2D eigenvalue weighted by molar-refractivity contribution is 14.0. The predicted octanol–water partition coefficient (Wildman–Crippen LogP) is 3.60. The minimum atomic E-state index is 0. The van der Waals surface area contributed by atoms with E-state index >= 15 is 0 Å². The Kier molecular flexibility index (Phi) is 11.0. The minimum absolute atomic E-state index is 0. The van der Waals surface area contributed by atoms with Crippen LogP contribution in [0.4, 0.5) is 0 Å². The van der Waals surface area contributed by atoms with E-state index in [1.807, 2.05) is 7.05 Å². The highest BCUT2D eigenvalue weighted by Gasteiger charge is 2.22. The summed E-state index contributed by atoms with van der Waals surface area (Å²) in [6.07, 6.45) is 4.87. The molecule has 0 radical (unpaired) electrons. The van der Waals surface area contributed by atoms with E-state index in [2.05, 4.69) is 53.2 Å². The van der Waals surface area contributed by atoms with Crippen molar-refractivity contribution in [1.29, 1.82) is 0 Å². The fraction of sp³-hybridized carbons (Fsp3) is 0.789. The van der Waals surface area contributed by atoms with Gasteiger partial charge in [0.1, 0.15) is 0 Å². The lowest BCUT2D eigenvalue weighted by Crippen LogP contribution is -2.47. The van der Waals surface area contributed by atoms with Gasteiger partial charge in [0, 0.05) is 37.5 Å². The van der Waals surface area contributed by atoms with Crippen molar-refractivity contribution in [2.75, 3.05) is 33.2 Å². The number of rotatable bonds is 8. The maximum Gasteiger partial charge on any atom is 0.191 e. The molecule has 5 nitrogen and oxygen atoms in total. The van der Waals surface area contributed by atoms with E-state index in [9.17, 15) is 0 Å². The molecule has 0 bridgehead atoms. The maximum absolute atomic E-state index is 4.60. The van der Waals surface area contributed by atoms with Gasteiger partial charge in [-0.1, -0.05) is 13.8 Å². The second-order valence-corrected chi connectivity index (χ2v) is 8.69. The van der Waals surface area contributed by atoms with Crippen LogP contribution in [0.3, 0.4) is 0 Å². The Balaban J connectivity index is 0.00000338. The number of halogens is 1. The molecule has 0 aliphatic carbocycles. The number of nitrogens with one attached hydrogen (secondary N) is 2. The zero-order chi connectivity index (χ0) is 18.2. The standard InChI is InChI=1S/C19H35N5S.HI/c1-14(2)12-17(24-10-6-7-11-24)13-22-19(20-5)21-9-8-18-23-15(3)16(4)25-18;/h14,17H,6-13H2,1-5H3,(H2,20,21,22);1H. The summed E-state index contributed by atoms with van der Waals surface area (Å²) in [6.45, 7) is 13.2. The number of aromatic nitrogens is 1. The van der Waals surface area contributed by atoms with Crippen LogP contribution in [0.25, 0.3) is 0 Å². The van der Waals surface area contributed by atoms with Crippen molar-refractivity contribution in [2.45, 2.75) is 59.4 Å². The van der Waals surface area contributed by atoms with Crippen molar-refractivity contribution in [1.82, 2.24) is 20.5 Å². The third kappa shape index (κ3) is 7.68. The fourth-order valence-electron chi connectivity index (χ4n) is 3.38. The number of aliphatic imine (C=N–C) groups is 1. The lowest BCUT2D eigenvalue weighted by molar-refractivity contribution is 0.213. The average Bonchev–Trinajstić information content (AvgIpc) is 3.19. The Hall–Kier alpha value is -0.410. The number of likely N-dealkylation sites (tertiary alicyclic amines) is 1. The van der Waals surface area contributed by atoms with E-state index in [1.54, 1.807) is 11.3 Å². The van der Waals surface area contributed by atoms with Gasteiger partial charge in [0.15, 0.2) is 5.96 Å². The van der Waals surface area contributed by atoms with Crippen molar-refractivity contribution in [3.05, 3.63) is 15.6 Å². The molecule has 0 spiro atoms. The lowest BCUT2D eigenvalue weighted by Gasteiger charge is -2.29. The van der Waals surface area contributed by atoms with Crippen LogP contribution in [0, 0.1) is 19.8 Å². The molecular formula is C19H36IN5S. The lowest BCUT2D eigenvalue weighted by atomic mass is 10.0. The summed E-state index contributed by atoms with van der Waals surface area (Å²) in [7, 11) is 1.85. The first-order valence-electron chi connectivity index (χ1n) is 9.61. The topological polar surface area (TPSA) is 52.6 Å². The molecule has 1 aliphatic rings. The molecule has 150 valence electrons. The fourth-order valence-corrected chi connectivity index (χ4v) is 4.31. The summed E-state index contributed by atoms with van der Waals surface area (Å²) in [4.78, 5) is 12.9. The van der Waals surface area contributed by atoms with Gasteiger partial charge < -0.3 is 10.6 Å². The summed E-state index contributed by atoms with van der Waals surface area (Å²) < 4.78 is 0. The molecule has 1 aromatic rings. The van der Waals surface area contributed by atoms with Crippen molar-refractivity contribution < 1.29 is 0 Å². The Morgan fingerprint density at radius 1 is 1.23 bits per heavy atom. The summed E-state index contributed by atoms with van der Waals surface area (Å²) >= 11 is 1.80. The van der Waals surface area contributed by atoms with E-state index in [-0.39, 0.29) is 24.0 Å². The molecule has 1 fully saturated rings. The van der Waals surface area contributed by atoms with Crippen LogP contribution < -0.4 is 10.6 Å². The van der Waals surface area contributed by atoms with E-state index < -0.39 is 0 Å². The van der Waals surface area contributed by atoms with Gasteiger partial charge in [-0.05, 0) is 52.1 Å². The summed E-state index contributed by atoms with van der Waals surface area (Å²) in [6, 6.07) is 0.602. The van der Waals surface area contributed by atoms with Gasteiger partial charge in [0.2, 0.25) is 0 Å². The van der Waals surface area contributed by atoms with Crippen LogP contribution in [-0.2, 0) is 6.42 Å². The van der Waals surface area contributed by atoms with Gasteiger partial charge in [0.05, 0.1) is 10.7 Å². The molecule has 1 saturated heterocycles. The van der Waals surface area contributed by atoms with Crippen molar-refractivity contribution >= 4 is 41.3 Å². The van der Waals surface area contributed by atoms with Crippen LogP contribution in [0.1, 0.15) is 48.7 Å². The van der Waals surface area contributed by atoms with Gasteiger partial charge in [0.25, 0.3) is 0 Å². The highest BCUT2D eigenvalue weighted by Crippen LogP contribution is 2.17. The van der Waals surface area contributed by atoms with Crippen molar-refractivity contribution in [3.8, 4) is 0 Å². The Bertz CT molecular complexity index is 533. The minimum Gasteiger partial charge on any atom is -0.356 e. The zero-order valence-corrected chi connectivity index (χ0v) is 20.1. The normalized spacial score (nSPS) is 16.6. The Morgan fingerprint density at radius 3 is 2.46 bits per heavy atom. The summed E-state index contributed by atoms with van der Waals surface area (Å²) in [5.41, 5.74) is 1.16. The van der Waals surface area contributed by atoms with E-state index in [0.29, 0.717) is 6.04 Å². The van der Waals surface area contributed by atoms with E-state index in [1.165, 1.54) is 42.2 Å². The van der Waals surface area contributed by atoms with Gasteiger partial charge in [-0.2, -0.15) is 0 Å². The first-order chi connectivity index (χ1) is 12.0. The molecule has 2 N–H and O–H groups in total. The highest BCUT2D eigenvalue weighted by atomic mass is 127. The first-order valence-corrected chi connectivity index (χ1v) is 10.4. The molecule has 1 aliphatic heterocycles. The predicted molar refractivity (Wildman–Crippen MR) is 124 cm³/mol. The molecule has 2 heterocycles. The van der Waals surface area contributed by atoms with Gasteiger partial charge in [-0.15, -0.1) is 35.3 Å². The van der Waals surface area contributed by atoms with E-state index in [4.69, 9.17) is 0 Å². The van der Waals surface area contributed by atoms with Gasteiger partial charge in [-0.25, -0.2) is 4.98 Å². The largest absolute Gasteiger partial charge is 0.356 e. The average molecular weight is 494 g/mol. The molecule has 26 heavy (non-hydrogen) atoms. The molecule has 1 unspecified atom stereocenters. The van der Waals surface area contributed by atoms with E-state index in [0.717, 1.165) is 37.1 Å². The number of nitrogens with zero attached hydrogens (tertiary/aromatic N) is 3. The van der Waals surface area contributed by atoms with Crippen LogP contribution in [-0.4, -0.2) is 55.1 Å². The molecule has 7 heteroatoms. The van der Waals surface area contributed by atoms with Gasteiger partial charge >= 0.3 is 0 Å². The first kappa shape index (κ1) is 23.6. The summed E-state index contributed by atoms with van der Waals surface area (Å²) in [5, 5.41) is 8.17. The molecule has 1 aromatic heterocycles. The molecule has 0 aromatic carbocycles. The van der Waals surface area contributed by atoms with Gasteiger partial charge in [-0.3, -0.25) is 9.89 Å². The SMILES string of the molecule is CN=C(NCCc1nc(C)c(C)s1)NCC(CC(C)C)N1CCCC1.I. The second kappa shape index (κ2) is 12.1. The van der Waals surface area contributed by atoms with Crippen LogP contribution in [0.2, 0.25) is 0 Å². The van der Waals surface area contributed by atoms with Crippen molar-refractivity contribution in [3.63, 3.8) is 0 Å². The quantitative estimate of drug-likeness (QED) is 0.330. The summed E-state index contributed by atoms with van der Waals surface area (Å²) in [5.74, 6) is 1.62. The zero-order valence-electron chi connectivity index (χ0n) is 17.0. The Morgan fingerprint density at radius 2 is 1.92 bits per heavy atom. The monoisotopic (exact) mass is 493 g/mol. The van der Waals surface area contributed by atoms with Crippen molar-refractivity contribution in [2.24, 2.45) is 10.9 Å². The molecule has 0 saturated carbocycles. The van der Waals surface area contributed by atoms with Crippen LogP contribution in [0.5, 0.6) is 0 Å². The molecule has 2 rings (SSSR count). The second-order valence-electron chi connectivity index (χ2n) is 7.41. The van der Waals surface area contributed by atoms with Crippen LogP contribution in [0.15, 0.2) is 4.99 Å². The number of thiazole rings is 1. The smallest absolute Gasteiger partial charge is 0.191 e.